The van der Waals surface area contributed by atoms with Gasteiger partial charge in [0.15, 0.2) is 9.84 Å². The topological polar surface area (TPSA) is 46.6 Å². The Morgan fingerprint density at radius 3 is 2.27 bits per heavy atom. The number of hydrogen-bond donors (Lipinski definition) is 0. The molecule has 140 valence electrons. The molecule has 0 radical (unpaired) electrons. The zero-order valence-corrected chi connectivity index (χ0v) is 16.8. The molecule has 2 aromatic rings. The van der Waals surface area contributed by atoms with Crippen molar-refractivity contribution >= 4 is 33.0 Å². The summed E-state index contributed by atoms with van der Waals surface area (Å²) in [6.07, 6.45) is 0.626. The second-order valence-corrected chi connectivity index (χ2v) is 9.55. The Morgan fingerprint density at radius 1 is 1.08 bits per heavy atom. The largest absolute Gasteiger partial charge is 0.497 e. The second kappa shape index (κ2) is 8.17. The fraction of sp³-hybridized carbons (Fsp3) is 0.368. The summed E-state index contributed by atoms with van der Waals surface area (Å²) < 4.78 is 29.1. The van der Waals surface area contributed by atoms with E-state index in [9.17, 15) is 8.42 Å². The van der Waals surface area contributed by atoms with Crippen molar-refractivity contribution in [3.05, 3.63) is 63.6 Å². The van der Waals surface area contributed by atoms with Crippen molar-refractivity contribution < 1.29 is 13.2 Å². The lowest BCUT2D eigenvalue weighted by molar-refractivity contribution is 0.194. The summed E-state index contributed by atoms with van der Waals surface area (Å²) in [5, 5.41) is 1.19. The summed E-state index contributed by atoms with van der Waals surface area (Å²) in [5.41, 5.74) is 1.91. The Kier molecular flexibility index (Phi) is 6.13. The third-order valence-electron chi connectivity index (χ3n) is 4.69. The molecular weight excluding hydrogens is 393 g/mol. The summed E-state index contributed by atoms with van der Waals surface area (Å²) in [6.45, 7) is 1.12. The standard InChI is InChI=1S/C19H21Cl2NO3S/c1-25-16-7-5-14(6-8-16)11-22(15-9-10-26(23,24)13-15)12-17-18(20)3-2-4-19(17)21/h2-8,15H,9-13H2,1H3. The summed E-state index contributed by atoms with van der Waals surface area (Å²) in [4.78, 5) is 2.15. The van der Waals surface area contributed by atoms with E-state index >= 15 is 0 Å². The average Bonchev–Trinajstić information content (AvgIpc) is 2.97. The number of nitrogens with zero attached hydrogens (tertiary/aromatic N) is 1. The molecule has 1 atom stereocenters. The number of ether oxygens (including phenoxy) is 1. The van der Waals surface area contributed by atoms with Gasteiger partial charge >= 0.3 is 0 Å². The highest BCUT2D eigenvalue weighted by molar-refractivity contribution is 7.91. The van der Waals surface area contributed by atoms with E-state index in [0.717, 1.165) is 16.9 Å². The predicted octanol–water partition coefficient (Wildman–Crippen LogP) is 4.19. The molecule has 2 aromatic carbocycles. The van der Waals surface area contributed by atoms with E-state index in [1.807, 2.05) is 30.3 Å². The van der Waals surface area contributed by atoms with Crippen LogP contribution in [0.4, 0.5) is 0 Å². The van der Waals surface area contributed by atoms with E-state index in [4.69, 9.17) is 27.9 Å². The van der Waals surface area contributed by atoms with E-state index < -0.39 is 9.84 Å². The van der Waals surface area contributed by atoms with Crippen molar-refractivity contribution in [3.63, 3.8) is 0 Å². The highest BCUT2D eigenvalue weighted by Crippen LogP contribution is 2.29. The molecule has 0 amide bonds. The number of hydrogen-bond acceptors (Lipinski definition) is 4. The van der Waals surface area contributed by atoms with Crippen molar-refractivity contribution in [2.24, 2.45) is 0 Å². The minimum atomic E-state index is -2.98. The van der Waals surface area contributed by atoms with Crippen LogP contribution in [-0.4, -0.2) is 38.0 Å². The monoisotopic (exact) mass is 413 g/mol. The Bertz CT molecular complexity index is 849. The van der Waals surface area contributed by atoms with Gasteiger partial charge in [-0.15, -0.1) is 0 Å². The first-order valence-electron chi connectivity index (χ1n) is 8.38. The molecule has 4 nitrogen and oxygen atoms in total. The van der Waals surface area contributed by atoms with Crippen LogP contribution in [-0.2, 0) is 22.9 Å². The molecule has 26 heavy (non-hydrogen) atoms. The van der Waals surface area contributed by atoms with E-state index in [1.165, 1.54) is 0 Å². The van der Waals surface area contributed by atoms with Gasteiger partial charge in [-0.3, -0.25) is 4.90 Å². The zero-order chi connectivity index (χ0) is 18.7. The van der Waals surface area contributed by atoms with Crippen LogP contribution in [0.25, 0.3) is 0 Å². The van der Waals surface area contributed by atoms with Gasteiger partial charge in [-0.1, -0.05) is 41.4 Å². The molecule has 1 aliphatic rings. The van der Waals surface area contributed by atoms with Gasteiger partial charge in [0.2, 0.25) is 0 Å². The minimum Gasteiger partial charge on any atom is -0.497 e. The van der Waals surface area contributed by atoms with Gasteiger partial charge in [0.1, 0.15) is 5.75 Å². The van der Waals surface area contributed by atoms with Gasteiger partial charge in [-0.05, 0) is 36.2 Å². The second-order valence-electron chi connectivity index (χ2n) is 6.51. The Hall–Kier alpha value is -1.27. The van der Waals surface area contributed by atoms with E-state index in [0.29, 0.717) is 29.6 Å². The maximum Gasteiger partial charge on any atom is 0.151 e. The molecule has 1 aliphatic heterocycles. The quantitative estimate of drug-likeness (QED) is 0.711. The molecule has 7 heteroatoms. The molecule has 0 spiro atoms. The molecular formula is C19H21Cl2NO3S. The van der Waals surface area contributed by atoms with Gasteiger partial charge in [0.25, 0.3) is 0 Å². The Morgan fingerprint density at radius 2 is 1.73 bits per heavy atom. The number of benzene rings is 2. The molecule has 0 N–H and O–H groups in total. The lowest BCUT2D eigenvalue weighted by Crippen LogP contribution is -2.35. The van der Waals surface area contributed by atoms with Crippen LogP contribution in [0.3, 0.4) is 0 Å². The van der Waals surface area contributed by atoms with Crippen LogP contribution in [0.5, 0.6) is 5.75 Å². The van der Waals surface area contributed by atoms with Crippen molar-refractivity contribution in [1.82, 2.24) is 4.90 Å². The summed E-state index contributed by atoms with van der Waals surface area (Å²) >= 11 is 12.7. The number of rotatable bonds is 6. The lowest BCUT2D eigenvalue weighted by atomic mass is 10.1. The first kappa shape index (κ1) is 19.5. The molecule has 3 rings (SSSR count). The summed E-state index contributed by atoms with van der Waals surface area (Å²) in [6, 6.07) is 13.2. The van der Waals surface area contributed by atoms with E-state index in [1.54, 1.807) is 19.2 Å². The number of halogens is 2. The SMILES string of the molecule is COc1ccc(CN(Cc2c(Cl)cccc2Cl)C2CCS(=O)(=O)C2)cc1. The Labute approximate surface area is 164 Å². The zero-order valence-electron chi connectivity index (χ0n) is 14.5. The van der Waals surface area contributed by atoms with Gasteiger partial charge in [-0.2, -0.15) is 0 Å². The highest BCUT2D eigenvalue weighted by atomic mass is 35.5. The number of sulfone groups is 1. The maximum absolute atomic E-state index is 12.0. The van der Waals surface area contributed by atoms with Crippen LogP contribution >= 0.6 is 23.2 Å². The molecule has 1 unspecified atom stereocenters. The van der Waals surface area contributed by atoms with Gasteiger partial charge in [0, 0.05) is 34.7 Å². The predicted molar refractivity (Wildman–Crippen MR) is 106 cm³/mol. The summed E-state index contributed by atoms with van der Waals surface area (Å²) in [7, 11) is -1.35. The fourth-order valence-corrected chi connectivity index (χ4v) is 5.51. The molecule has 1 saturated heterocycles. The summed E-state index contributed by atoms with van der Waals surface area (Å²) in [5.74, 6) is 1.19. The lowest BCUT2D eigenvalue weighted by Gasteiger charge is -2.29. The van der Waals surface area contributed by atoms with E-state index in [2.05, 4.69) is 4.90 Å². The fourth-order valence-electron chi connectivity index (χ4n) is 3.23. The van der Waals surface area contributed by atoms with Crippen LogP contribution < -0.4 is 4.74 Å². The van der Waals surface area contributed by atoms with Crippen molar-refractivity contribution in [1.29, 1.82) is 0 Å². The highest BCUT2D eigenvalue weighted by Gasteiger charge is 2.32. The molecule has 0 saturated carbocycles. The van der Waals surface area contributed by atoms with Crippen LogP contribution in [0.1, 0.15) is 17.5 Å². The number of methoxy groups -OCH3 is 1. The third kappa shape index (κ3) is 4.71. The maximum atomic E-state index is 12.0. The Balaban J connectivity index is 1.86. The van der Waals surface area contributed by atoms with Gasteiger partial charge in [0.05, 0.1) is 18.6 Å². The van der Waals surface area contributed by atoms with Crippen LogP contribution in [0.15, 0.2) is 42.5 Å². The molecule has 0 aliphatic carbocycles. The average molecular weight is 414 g/mol. The van der Waals surface area contributed by atoms with Crippen molar-refractivity contribution in [3.8, 4) is 5.75 Å². The molecule has 1 fully saturated rings. The van der Waals surface area contributed by atoms with Crippen LogP contribution in [0.2, 0.25) is 10.0 Å². The van der Waals surface area contributed by atoms with Crippen LogP contribution in [0, 0.1) is 0 Å². The first-order chi connectivity index (χ1) is 12.4. The van der Waals surface area contributed by atoms with E-state index in [-0.39, 0.29) is 17.5 Å². The van der Waals surface area contributed by atoms with Crippen molar-refractivity contribution in [2.45, 2.75) is 25.6 Å². The molecule has 0 bridgehead atoms. The molecule has 1 heterocycles. The van der Waals surface area contributed by atoms with Crippen molar-refractivity contribution in [2.75, 3.05) is 18.6 Å². The third-order valence-corrected chi connectivity index (χ3v) is 7.15. The normalized spacial score (nSPS) is 19.0. The van der Waals surface area contributed by atoms with Gasteiger partial charge < -0.3 is 4.74 Å². The van der Waals surface area contributed by atoms with Gasteiger partial charge in [-0.25, -0.2) is 8.42 Å². The minimum absolute atomic E-state index is 0.0468. The first-order valence-corrected chi connectivity index (χ1v) is 11.0. The smallest absolute Gasteiger partial charge is 0.151 e. The molecule has 0 aromatic heterocycles.